The van der Waals surface area contributed by atoms with Crippen LogP contribution < -0.4 is 18.9 Å². The van der Waals surface area contributed by atoms with Gasteiger partial charge in [0, 0.05) is 0 Å². The predicted octanol–water partition coefficient (Wildman–Crippen LogP) is 3.94. The van der Waals surface area contributed by atoms with Crippen molar-refractivity contribution in [1.82, 2.24) is 0 Å². The largest absolute Gasteiger partial charge is 0.486 e. The van der Waals surface area contributed by atoms with Crippen LogP contribution in [-0.4, -0.2) is 38.4 Å². The summed E-state index contributed by atoms with van der Waals surface area (Å²) >= 11 is 0. The molecule has 0 bridgehead atoms. The fourth-order valence-corrected chi connectivity index (χ4v) is 3.54. The summed E-state index contributed by atoms with van der Waals surface area (Å²) in [5.41, 5.74) is 2.42. The molecule has 2 aliphatic heterocycles. The molecule has 0 aromatic heterocycles. The molecule has 0 saturated carbocycles. The first kappa shape index (κ1) is 21.6. The van der Waals surface area contributed by atoms with Crippen LogP contribution in [0.5, 0.6) is 23.0 Å². The molecule has 0 unspecified atom stereocenters. The number of ether oxygens (including phenoxy) is 6. The average molecular weight is 462 g/mol. The van der Waals surface area contributed by atoms with Gasteiger partial charge in [0.25, 0.3) is 0 Å². The van der Waals surface area contributed by atoms with Gasteiger partial charge in [0.05, 0.1) is 11.1 Å². The highest BCUT2D eigenvalue weighted by Gasteiger charge is 2.17. The molecule has 3 aromatic rings. The molecule has 0 atom stereocenters. The predicted molar refractivity (Wildman–Crippen MR) is 120 cm³/mol. The van der Waals surface area contributed by atoms with Crippen molar-refractivity contribution >= 4 is 11.9 Å². The third-order valence-corrected chi connectivity index (χ3v) is 5.32. The molecular formula is C26H22O8. The Balaban J connectivity index is 1.12. The van der Waals surface area contributed by atoms with Crippen LogP contribution >= 0.6 is 0 Å². The second-order valence-corrected chi connectivity index (χ2v) is 7.69. The van der Waals surface area contributed by atoms with E-state index in [1.165, 1.54) is 0 Å². The topological polar surface area (TPSA) is 89.5 Å². The molecule has 0 spiro atoms. The number of fused-ring (bicyclic) bond motifs is 2. The van der Waals surface area contributed by atoms with Crippen LogP contribution in [-0.2, 0) is 22.7 Å². The summed E-state index contributed by atoms with van der Waals surface area (Å²) in [5.74, 6) is 1.41. The number of hydrogen-bond donors (Lipinski definition) is 0. The van der Waals surface area contributed by atoms with E-state index in [0.717, 1.165) is 11.1 Å². The van der Waals surface area contributed by atoms with Crippen molar-refractivity contribution in [1.29, 1.82) is 0 Å². The van der Waals surface area contributed by atoms with Gasteiger partial charge in [-0.25, -0.2) is 9.59 Å². The maximum atomic E-state index is 12.4. The van der Waals surface area contributed by atoms with E-state index in [1.54, 1.807) is 36.4 Å². The van der Waals surface area contributed by atoms with Crippen LogP contribution in [0.4, 0.5) is 0 Å². The zero-order valence-electron chi connectivity index (χ0n) is 18.3. The smallest absolute Gasteiger partial charge is 0.338 e. The second-order valence-electron chi connectivity index (χ2n) is 7.69. The summed E-state index contributed by atoms with van der Waals surface area (Å²) in [4.78, 5) is 24.8. The van der Waals surface area contributed by atoms with E-state index in [0.29, 0.717) is 60.6 Å². The summed E-state index contributed by atoms with van der Waals surface area (Å²) in [6.45, 7) is 2.11. The van der Waals surface area contributed by atoms with Gasteiger partial charge in [0.15, 0.2) is 23.0 Å². The lowest BCUT2D eigenvalue weighted by Gasteiger charge is -2.18. The van der Waals surface area contributed by atoms with Gasteiger partial charge in [-0.05, 0) is 47.5 Å². The fraction of sp³-hybridized carbons (Fsp3) is 0.231. The Labute approximate surface area is 195 Å². The van der Waals surface area contributed by atoms with Gasteiger partial charge in [0.2, 0.25) is 0 Å². The summed E-state index contributed by atoms with van der Waals surface area (Å²) in [5, 5.41) is 0. The first-order valence-electron chi connectivity index (χ1n) is 10.9. The van der Waals surface area contributed by atoms with E-state index in [9.17, 15) is 9.59 Å². The van der Waals surface area contributed by atoms with Gasteiger partial charge in [-0.2, -0.15) is 0 Å². The maximum absolute atomic E-state index is 12.4. The molecule has 0 radical (unpaired) electrons. The molecular weight excluding hydrogens is 440 g/mol. The summed E-state index contributed by atoms with van der Waals surface area (Å²) in [6.07, 6.45) is 0. The lowest BCUT2D eigenvalue weighted by atomic mass is 10.1. The van der Waals surface area contributed by atoms with Crippen LogP contribution in [0.1, 0.15) is 31.8 Å². The van der Waals surface area contributed by atoms with Crippen molar-refractivity contribution in [3.05, 3.63) is 82.9 Å². The van der Waals surface area contributed by atoms with Crippen LogP contribution in [0.15, 0.2) is 60.7 Å². The number of hydrogen-bond acceptors (Lipinski definition) is 8. The lowest BCUT2D eigenvalue weighted by molar-refractivity contribution is 0.0459. The number of benzene rings is 3. The molecule has 8 nitrogen and oxygen atoms in total. The normalized spacial score (nSPS) is 13.6. The van der Waals surface area contributed by atoms with Crippen molar-refractivity contribution in [3.63, 3.8) is 0 Å². The van der Waals surface area contributed by atoms with E-state index >= 15 is 0 Å². The fourth-order valence-electron chi connectivity index (χ4n) is 3.54. The minimum Gasteiger partial charge on any atom is -0.486 e. The van der Waals surface area contributed by atoms with E-state index in [1.807, 2.05) is 24.3 Å². The molecule has 0 aliphatic carbocycles. The van der Waals surface area contributed by atoms with Gasteiger partial charge in [-0.1, -0.05) is 24.3 Å². The SMILES string of the molecule is O=C(OCc1ccc(COC(=O)c2ccc3c(c2)OCCO3)cc1)c1ccc2c(c1)OCCO2. The molecule has 174 valence electrons. The highest BCUT2D eigenvalue weighted by atomic mass is 16.6. The molecule has 2 aliphatic rings. The number of rotatable bonds is 6. The van der Waals surface area contributed by atoms with Crippen molar-refractivity contribution in [3.8, 4) is 23.0 Å². The Kier molecular flexibility index (Phi) is 6.20. The molecule has 2 heterocycles. The van der Waals surface area contributed by atoms with Gasteiger partial charge < -0.3 is 28.4 Å². The van der Waals surface area contributed by atoms with Crippen molar-refractivity contribution in [2.24, 2.45) is 0 Å². The Morgan fingerprint density at radius 3 is 1.35 bits per heavy atom. The molecule has 5 rings (SSSR count). The quantitative estimate of drug-likeness (QED) is 0.509. The lowest BCUT2D eigenvalue weighted by Crippen LogP contribution is -2.16. The second kappa shape index (κ2) is 9.74. The Morgan fingerprint density at radius 1 is 0.559 bits per heavy atom. The zero-order chi connectivity index (χ0) is 23.3. The maximum Gasteiger partial charge on any atom is 0.338 e. The van der Waals surface area contributed by atoms with Crippen LogP contribution in [0.25, 0.3) is 0 Å². The number of esters is 2. The summed E-state index contributed by atoms with van der Waals surface area (Å²) in [6, 6.07) is 17.2. The Hall–Kier alpha value is -4.20. The molecule has 8 heteroatoms. The molecule has 0 fully saturated rings. The van der Waals surface area contributed by atoms with E-state index < -0.39 is 11.9 Å². The minimum atomic E-state index is -0.450. The van der Waals surface area contributed by atoms with Crippen LogP contribution in [0.3, 0.4) is 0 Å². The summed E-state index contributed by atoms with van der Waals surface area (Å²) < 4.78 is 32.7. The monoisotopic (exact) mass is 462 g/mol. The van der Waals surface area contributed by atoms with Crippen LogP contribution in [0.2, 0.25) is 0 Å². The third-order valence-electron chi connectivity index (χ3n) is 5.32. The van der Waals surface area contributed by atoms with E-state index in [-0.39, 0.29) is 13.2 Å². The summed E-state index contributed by atoms with van der Waals surface area (Å²) in [7, 11) is 0. The molecule has 3 aromatic carbocycles. The first-order valence-corrected chi connectivity index (χ1v) is 10.9. The Morgan fingerprint density at radius 2 is 0.941 bits per heavy atom. The van der Waals surface area contributed by atoms with Crippen LogP contribution in [0, 0.1) is 0 Å². The Bertz CT molecular complexity index is 1110. The highest BCUT2D eigenvalue weighted by molar-refractivity contribution is 5.90. The number of carbonyl (C=O) groups excluding carboxylic acids is 2. The highest BCUT2D eigenvalue weighted by Crippen LogP contribution is 2.32. The van der Waals surface area contributed by atoms with Crippen molar-refractivity contribution < 1.29 is 38.0 Å². The van der Waals surface area contributed by atoms with E-state index in [4.69, 9.17) is 28.4 Å². The van der Waals surface area contributed by atoms with Crippen molar-refractivity contribution in [2.75, 3.05) is 26.4 Å². The minimum absolute atomic E-state index is 0.116. The van der Waals surface area contributed by atoms with E-state index in [2.05, 4.69) is 0 Å². The third kappa shape index (κ3) is 4.91. The average Bonchev–Trinajstić information content (AvgIpc) is 2.90. The van der Waals surface area contributed by atoms with Gasteiger partial charge in [0.1, 0.15) is 39.6 Å². The van der Waals surface area contributed by atoms with Gasteiger partial charge >= 0.3 is 11.9 Å². The van der Waals surface area contributed by atoms with Gasteiger partial charge in [-0.3, -0.25) is 0 Å². The van der Waals surface area contributed by atoms with Gasteiger partial charge in [-0.15, -0.1) is 0 Å². The molecule has 34 heavy (non-hydrogen) atoms. The number of carbonyl (C=O) groups is 2. The molecule has 0 saturated heterocycles. The first-order chi connectivity index (χ1) is 16.7. The zero-order valence-corrected chi connectivity index (χ0v) is 18.3. The molecule has 0 amide bonds. The van der Waals surface area contributed by atoms with Crippen molar-refractivity contribution in [2.45, 2.75) is 13.2 Å². The molecule has 0 N–H and O–H groups in total. The standard InChI is InChI=1S/C26H22O8/c27-25(19-5-7-21-23(13-19)31-11-9-29-21)33-15-17-1-2-18(4-3-17)16-34-26(28)20-6-8-22-24(14-20)32-12-10-30-22/h1-8,13-14H,9-12,15-16H2.